The number of carbonyl (C=O) groups excluding carboxylic acids is 1. The number of aliphatic hydroxyl groups excluding tert-OH is 4. The maximum Gasteiger partial charge on any atom is 0.231 e. The lowest BCUT2D eigenvalue weighted by molar-refractivity contribution is -0.321. The Morgan fingerprint density at radius 2 is 1.57 bits per heavy atom. The van der Waals surface area contributed by atoms with E-state index in [2.05, 4.69) is 0 Å². The number of hydrogen-bond donors (Lipinski definition) is 7. The summed E-state index contributed by atoms with van der Waals surface area (Å²) in [5.74, 6) is -1.83. The average molecular weight is 422 g/mol. The Labute approximate surface area is 170 Å². The predicted molar refractivity (Wildman–Crippen MR) is 100 cm³/mol. The maximum atomic E-state index is 12.7. The van der Waals surface area contributed by atoms with E-state index in [1.807, 2.05) is 0 Å². The van der Waals surface area contributed by atoms with Crippen molar-refractivity contribution in [2.45, 2.75) is 43.7 Å². The normalized spacial score (nSPS) is 26.3. The third-order valence-corrected chi connectivity index (χ3v) is 4.71. The number of aryl methyl sites for hydroxylation is 1. The summed E-state index contributed by atoms with van der Waals surface area (Å²) in [5, 5.41) is 68.2. The van der Waals surface area contributed by atoms with Crippen molar-refractivity contribution in [2.75, 3.05) is 0 Å². The van der Waals surface area contributed by atoms with Crippen LogP contribution < -0.4 is 4.74 Å². The minimum Gasteiger partial charge on any atom is -0.508 e. The van der Waals surface area contributed by atoms with Crippen LogP contribution in [0, 0.1) is 0 Å². The van der Waals surface area contributed by atoms with E-state index in [1.54, 1.807) is 12.1 Å². The highest BCUT2D eigenvalue weighted by molar-refractivity contribution is 6.01. The smallest absolute Gasteiger partial charge is 0.231 e. The Balaban J connectivity index is 1.81. The molecule has 30 heavy (non-hydrogen) atoms. The molecule has 7 N–H and O–H groups in total. The van der Waals surface area contributed by atoms with Crippen LogP contribution in [0.4, 0.5) is 0 Å². The van der Waals surface area contributed by atoms with Crippen LogP contribution in [0.1, 0.15) is 22.3 Å². The van der Waals surface area contributed by atoms with Crippen molar-refractivity contribution in [1.29, 1.82) is 0 Å². The topological polar surface area (TPSA) is 177 Å². The van der Waals surface area contributed by atoms with Gasteiger partial charge in [0.2, 0.25) is 6.29 Å². The molecule has 1 heterocycles. The number of rotatable bonds is 6. The van der Waals surface area contributed by atoms with E-state index in [4.69, 9.17) is 9.47 Å². The van der Waals surface area contributed by atoms with Crippen molar-refractivity contribution in [3.63, 3.8) is 0 Å². The number of phenolic OH excluding ortho intramolecular Hbond substituents is 3. The number of phenols is 3. The van der Waals surface area contributed by atoms with Crippen LogP contribution in [0.15, 0.2) is 36.4 Å². The second-order valence-corrected chi connectivity index (χ2v) is 6.91. The molecule has 10 nitrogen and oxygen atoms in total. The lowest BCUT2D eigenvalue weighted by Gasteiger charge is -2.38. The molecule has 0 spiro atoms. The van der Waals surface area contributed by atoms with Crippen molar-refractivity contribution >= 4 is 5.78 Å². The Morgan fingerprint density at radius 3 is 2.23 bits per heavy atom. The van der Waals surface area contributed by atoms with Crippen molar-refractivity contribution in [3.05, 3.63) is 47.5 Å². The van der Waals surface area contributed by atoms with Gasteiger partial charge in [-0.05, 0) is 24.1 Å². The summed E-state index contributed by atoms with van der Waals surface area (Å²) in [6, 6.07) is 8.16. The zero-order valence-electron chi connectivity index (χ0n) is 15.6. The Bertz CT molecular complexity index is 897. The Hall–Kier alpha value is -2.89. The van der Waals surface area contributed by atoms with Gasteiger partial charge in [0.25, 0.3) is 0 Å². The third kappa shape index (κ3) is 4.64. The maximum absolute atomic E-state index is 12.7. The first-order valence-corrected chi connectivity index (χ1v) is 9.09. The lowest BCUT2D eigenvalue weighted by atomic mass is 10.0. The van der Waals surface area contributed by atoms with Gasteiger partial charge in [-0.3, -0.25) is 4.79 Å². The molecular weight excluding hydrogens is 400 g/mol. The SMILES string of the molecule is O=C(CCc1ccc(O)cc1)c1c(O)cc(O)cc1O[C@@H]1O[C@H](O)[C@@H](O)[C@H](O)[C@H]1O. The van der Waals surface area contributed by atoms with Crippen LogP contribution in [0.2, 0.25) is 0 Å². The van der Waals surface area contributed by atoms with Gasteiger partial charge in [0.1, 0.15) is 46.9 Å². The standard InChI is InChI=1S/C20H22O10/c21-10-4-1-9(2-5-10)3-6-12(23)15-13(24)7-11(22)8-14(15)29-20-18(27)16(25)17(26)19(28)30-20/h1-2,4-5,7-8,16-22,24-28H,3,6H2/t16-,17-,18+,19-,20+/m0/s1. The quantitative estimate of drug-likeness (QED) is 0.307. The molecule has 1 aliphatic heterocycles. The number of aliphatic hydroxyl groups is 4. The van der Waals surface area contributed by atoms with Crippen LogP contribution in [-0.2, 0) is 11.2 Å². The minimum atomic E-state index is -1.87. The van der Waals surface area contributed by atoms with Crippen LogP contribution in [-0.4, -0.2) is 72.4 Å². The molecule has 2 aromatic rings. The summed E-state index contributed by atoms with van der Waals surface area (Å²) >= 11 is 0. The van der Waals surface area contributed by atoms with Gasteiger partial charge in [-0.25, -0.2) is 0 Å². The Morgan fingerprint density at radius 1 is 0.900 bits per heavy atom. The van der Waals surface area contributed by atoms with Crippen molar-refractivity contribution < 1.29 is 50.0 Å². The summed E-state index contributed by atoms with van der Waals surface area (Å²) < 4.78 is 10.3. The van der Waals surface area contributed by atoms with E-state index in [0.29, 0.717) is 0 Å². The average Bonchev–Trinajstić information content (AvgIpc) is 2.69. The molecule has 10 heteroatoms. The first-order chi connectivity index (χ1) is 14.2. The molecule has 0 aliphatic carbocycles. The monoisotopic (exact) mass is 422 g/mol. The molecule has 1 aliphatic rings. The van der Waals surface area contributed by atoms with Gasteiger partial charge in [-0.1, -0.05) is 12.1 Å². The second kappa shape index (κ2) is 8.86. The number of ketones is 1. The molecule has 1 fully saturated rings. The fraction of sp³-hybridized carbons (Fsp3) is 0.350. The largest absolute Gasteiger partial charge is 0.508 e. The fourth-order valence-corrected chi connectivity index (χ4v) is 3.06. The summed E-state index contributed by atoms with van der Waals surface area (Å²) in [7, 11) is 0. The first-order valence-electron chi connectivity index (χ1n) is 9.09. The molecule has 0 unspecified atom stereocenters. The minimum absolute atomic E-state index is 0.0580. The molecule has 3 rings (SSSR count). The van der Waals surface area contributed by atoms with Gasteiger partial charge in [0.15, 0.2) is 12.1 Å². The molecule has 5 atom stereocenters. The second-order valence-electron chi connectivity index (χ2n) is 6.91. The van der Waals surface area contributed by atoms with Crippen LogP contribution in [0.5, 0.6) is 23.0 Å². The van der Waals surface area contributed by atoms with E-state index >= 15 is 0 Å². The summed E-state index contributed by atoms with van der Waals surface area (Å²) in [4.78, 5) is 12.7. The first kappa shape index (κ1) is 21.8. The molecular formula is C20H22O10. The van der Waals surface area contributed by atoms with E-state index in [-0.39, 0.29) is 29.9 Å². The van der Waals surface area contributed by atoms with Gasteiger partial charge in [0.05, 0.1) is 0 Å². The molecule has 1 saturated heterocycles. The lowest BCUT2D eigenvalue weighted by Crippen LogP contribution is -2.59. The third-order valence-electron chi connectivity index (χ3n) is 4.71. The number of benzene rings is 2. The number of ether oxygens (including phenoxy) is 2. The molecule has 2 aromatic carbocycles. The number of carbonyl (C=O) groups is 1. The molecule has 0 radical (unpaired) electrons. The zero-order chi connectivity index (χ0) is 22.0. The van der Waals surface area contributed by atoms with Crippen molar-refractivity contribution in [1.82, 2.24) is 0 Å². The van der Waals surface area contributed by atoms with Gasteiger partial charge in [-0.2, -0.15) is 0 Å². The van der Waals surface area contributed by atoms with Gasteiger partial charge in [0, 0.05) is 18.6 Å². The summed E-state index contributed by atoms with van der Waals surface area (Å²) in [5.41, 5.74) is 0.464. The molecule has 0 aromatic heterocycles. The summed E-state index contributed by atoms with van der Waals surface area (Å²) in [6.45, 7) is 0. The van der Waals surface area contributed by atoms with E-state index < -0.39 is 48.2 Å². The number of Topliss-reactive ketones (excluding diaryl/α,β-unsaturated/α-hetero) is 1. The van der Waals surface area contributed by atoms with Gasteiger partial charge >= 0.3 is 0 Å². The predicted octanol–water partition coefficient (Wildman–Crippen LogP) is -0.245. The molecule has 0 amide bonds. The zero-order valence-corrected chi connectivity index (χ0v) is 15.6. The van der Waals surface area contributed by atoms with Crippen LogP contribution in [0.25, 0.3) is 0 Å². The molecule has 0 bridgehead atoms. The van der Waals surface area contributed by atoms with Crippen LogP contribution >= 0.6 is 0 Å². The fourth-order valence-electron chi connectivity index (χ4n) is 3.06. The molecule has 162 valence electrons. The Kier molecular flexibility index (Phi) is 6.44. The van der Waals surface area contributed by atoms with Gasteiger partial charge in [-0.15, -0.1) is 0 Å². The molecule has 0 saturated carbocycles. The highest BCUT2D eigenvalue weighted by Gasteiger charge is 2.44. The highest BCUT2D eigenvalue weighted by atomic mass is 16.7. The number of aromatic hydroxyl groups is 3. The highest BCUT2D eigenvalue weighted by Crippen LogP contribution is 2.36. The van der Waals surface area contributed by atoms with E-state index in [1.165, 1.54) is 12.1 Å². The number of hydrogen-bond acceptors (Lipinski definition) is 10. The van der Waals surface area contributed by atoms with Crippen LogP contribution in [0.3, 0.4) is 0 Å². The summed E-state index contributed by atoms with van der Waals surface area (Å²) in [6.07, 6.45) is -8.69. The van der Waals surface area contributed by atoms with E-state index in [9.17, 15) is 40.5 Å². The van der Waals surface area contributed by atoms with Gasteiger partial charge < -0.3 is 45.2 Å². The van der Waals surface area contributed by atoms with Crippen molar-refractivity contribution in [2.24, 2.45) is 0 Å². The van der Waals surface area contributed by atoms with Crippen molar-refractivity contribution in [3.8, 4) is 23.0 Å². The van der Waals surface area contributed by atoms with E-state index in [0.717, 1.165) is 17.7 Å².